The molecule has 0 radical (unpaired) electrons. The zero-order valence-corrected chi connectivity index (χ0v) is 13.8. The van der Waals surface area contributed by atoms with E-state index < -0.39 is 0 Å². The van der Waals surface area contributed by atoms with Gasteiger partial charge in [0, 0.05) is 30.2 Å². The van der Waals surface area contributed by atoms with Gasteiger partial charge in [-0.05, 0) is 31.6 Å². The van der Waals surface area contributed by atoms with Crippen molar-refractivity contribution in [2.75, 3.05) is 46.5 Å². The molecule has 1 aromatic carbocycles. The number of hydrogen-bond donors (Lipinski definition) is 1. The van der Waals surface area contributed by atoms with Gasteiger partial charge in [-0.25, -0.2) is 0 Å². The number of rotatable bonds is 7. The Hall–Kier alpha value is -0.520. The summed E-state index contributed by atoms with van der Waals surface area (Å²) in [7, 11) is 1.62. The predicted octanol–water partition coefficient (Wildman–Crippen LogP) is 2.81. The molecule has 1 saturated heterocycles. The van der Waals surface area contributed by atoms with Crippen LogP contribution in [0.4, 0.5) is 0 Å². The molecule has 118 valence electrons. The molecule has 1 fully saturated rings. The Morgan fingerprint density at radius 2 is 2.05 bits per heavy atom. The molecule has 6 heteroatoms. The normalized spacial score (nSPS) is 16.1. The fourth-order valence-electron chi connectivity index (χ4n) is 2.45. The molecule has 4 nitrogen and oxygen atoms in total. The summed E-state index contributed by atoms with van der Waals surface area (Å²) < 4.78 is 10.7. The van der Waals surface area contributed by atoms with Gasteiger partial charge in [-0.1, -0.05) is 23.2 Å². The number of ether oxygens (including phenoxy) is 2. The van der Waals surface area contributed by atoms with Gasteiger partial charge in [0.1, 0.15) is 5.75 Å². The monoisotopic (exact) mass is 332 g/mol. The average molecular weight is 333 g/mol. The van der Waals surface area contributed by atoms with Gasteiger partial charge in [0.25, 0.3) is 0 Å². The molecule has 0 aromatic heterocycles. The Kier molecular flexibility index (Phi) is 7.07. The third-order valence-electron chi connectivity index (χ3n) is 3.54. The van der Waals surface area contributed by atoms with E-state index in [1.54, 1.807) is 13.2 Å². The van der Waals surface area contributed by atoms with Crippen LogP contribution in [-0.2, 0) is 11.3 Å². The van der Waals surface area contributed by atoms with Crippen molar-refractivity contribution >= 4 is 23.2 Å². The van der Waals surface area contributed by atoms with Crippen molar-refractivity contribution in [2.24, 2.45) is 0 Å². The molecular formula is C15H22Cl2N2O2. The van der Waals surface area contributed by atoms with Gasteiger partial charge in [0.2, 0.25) is 0 Å². The number of benzene rings is 1. The second-order valence-electron chi connectivity index (χ2n) is 5.06. The lowest BCUT2D eigenvalue weighted by molar-refractivity contribution is 0.0374. The fraction of sp³-hybridized carbons (Fsp3) is 0.600. The van der Waals surface area contributed by atoms with E-state index in [2.05, 4.69) is 10.2 Å². The summed E-state index contributed by atoms with van der Waals surface area (Å²) in [6.07, 6.45) is 1.11. The van der Waals surface area contributed by atoms with Gasteiger partial charge in [-0.15, -0.1) is 0 Å². The molecule has 21 heavy (non-hydrogen) atoms. The van der Waals surface area contributed by atoms with Gasteiger partial charge < -0.3 is 14.8 Å². The summed E-state index contributed by atoms with van der Waals surface area (Å²) in [4.78, 5) is 2.43. The molecular weight excluding hydrogens is 311 g/mol. The van der Waals surface area contributed by atoms with Crippen LogP contribution < -0.4 is 10.1 Å². The SMILES string of the molecule is COc1c(Cl)cc(Cl)cc1CNCCCN1CCOCC1. The Balaban J connectivity index is 1.73. The quantitative estimate of drug-likeness (QED) is 0.778. The van der Waals surface area contributed by atoms with Crippen molar-refractivity contribution in [3.63, 3.8) is 0 Å². The maximum absolute atomic E-state index is 6.12. The van der Waals surface area contributed by atoms with Gasteiger partial charge in [-0.2, -0.15) is 0 Å². The van der Waals surface area contributed by atoms with E-state index in [-0.39, 0.29) is 0 Å². The fourth-order valence-corrected chi connectivity index (χ4v) is 3.06. The molecule has 0 saturated carbocycles. The third-order valence-corrected chi connectivity index (χ3v) is 4.04. The van der Waals surface area contributed by atoms with Gasteiger partial charge in [0.15, 0.2) is 0 Å². The van der Waals surface area contributed by atoms with Gasteiger partial charge in [-0.3, -0.25) is 4.90 Å². The number of halogens is 2. The largest absolute Gasteiger partial charge is 0.495 e. The van der Waals surface area contributed by atoms with E-state index in [1.807, 2.05) is 6.07 Å². The Bertz CT molecular complexity index is 452. The van der Waals surface area contributed by atoms with Crippen LogP contribution in [0.5, 0.6) is 5.75 Å². The first-order valence-electron chi connectivity index (χ1n) is 7.23. The summed E-state index contributed by atoms with van der Waals surface area (Å²) >= 11 is 12.2. The summed E-state index contributed by atoms with van der Waals surface area (Å²) in [6, 6.07) is 3.59. The molecule has 1 aliphatic rings. The first-order chi connectivity index (χ1) is 10.2. The maximum Gasteiger partial charge on any atom is 0.142 e. The van der Waals surface area contributed by atoms with Crippen molar-refractivity contribution in [3.05, 3.63) is 27.7 Å². The number of nitrogens with one attached hydrogen (secondary N) is 1. The smallest absolute Gasteiger partial charge is 0.142 e. The van der Waals surface area contributed by atoms with Crippen molar-refractivity contribution in [1.29, 1.82) is 0 Å². The van der Waals surface area contributed by atoms with Crippen LogP contribution in [0.25, 0.3) is 0 Å². The topological polar surface area (TPSA) is 33.7 Å². The minimum absolute atomic E-state index is 0.551. The van der Waals surface area contributed by atoms with Gasteiger partial charge in [0.05, 0.1) is 25.3 Å². The standard InChI is InChI=1S/C15H22Cl2N2O2/c1-20-15-12(9-13(16)10-14(15)17)11-18-3-2-4-19-5-7-21-8-6-19/h9-10,18H,2-8,11H2,1H3. The average Bonchev–Trinajstić information content (AvgIpc) is 2.47. The van der Waals surface area contributed by atoms with E-state index in [1.165, 1.54) is 0 Å². The summed E-state index contributed by atoms with van der Waals surface area (Å²) in [5.74, 6) is 0.696. The predicted molar refractivity (Wildman–Crippen MR) is 86.6 cm³/mol. The Labute approximate surface area is 136 Å². The number of morpholine rings is 1. The second kappa shape index (κ2) is 8.81. The van der Waals surface area contributed by atoms with Crippen LogP contribution in [0.3, 0.4) is 0 Å². The molecule has 0 bridgehead atoms. The van der Waals surface area contributed by atoms with Crippen molar-refractivity contribution in [3.8, 4) is 5.75 Å². The minimum atomic E-state index is 0.551. The lowest BCUT2D eigenvalue weighted by Crippen LogP contribution is -2.37. The minimum Gasteiger partial charge on any atom is -0.495 e. The lowest BCUT2D eigenvalue weighted by atomic mass is 10.2. The molecule has 2 rings (SSSR count). The molecule has 0 unspecified atom stereocenters. The van der Waals surface area contributed by atoms with Crippen LogP contribution in [0.2, 0.25) is 10.0 Å². The number of nitrogens with zero attached hydrogens (tertiary/aromatic N) is 1. The first-order valence-corrected chi connectivity index (χ1v) is 7.99. The molecule has 1 aromatic rings. The molecule has 0 atom stereocenters. The molecule has 1 heterocycles. The van der Waals surface area contributed by atoms with Gasteiger partial charge >= 0.3 is 0 Å². The van der Waals surface area contributed by atoms with E-state index in [0.29, 0.717) is 22.3 Å². The highest BCUT2D eigenvalue weighted by Gasteiger charge is 2.11. The van der Waals surface area contributed by atoms with Crippen molar-refractivity contribution < 1.29 is 9.47 Å². The van der Waals surface area contributed by atoms with Crippen LogP contribution in [0.15, 0.2) is 12.1 Å². The van der Waals surface area contributed by atoms with Crippen LogP contribution in [0.1, 0.15) is 12.0 Å². The number of methoxy groups -OCH3 is 1. The summed E-state index contributed by atoms with van der Waals surface area (Å²) in [6.45, 7) is 6.54. The highest BCUT2D eigenvalue weighted by atomic mass is 35.5. The maximum atomic E-state index is 6.12. The number of hydrogen-bond acceptors (Lipinski definition) is 4. The van der Waals surface area contributed by atoms with E-state index >= 15 is 0 Å². The van der Waals surface area contributed by atoms with Crippen molar-refractivity contribution in [1.82, 2.24) is 10.2 Å². The Morgan fingerprint density at radius 3 is 2.76 bits per heavy atom. The second-order valence-corrected chi connectivity index (χ2v) is 5.91. The molecule has 1 aliphatic heterocycles. The summed E-state index contributed by atoms with van der Waals surface area (Å²) in [5.41, 5.74) is 0.987. The van der Waals surface area contributed by atoms with E-state index in [0.717, 1.165) is 51.4 Å². The van der Waals surface area contributed by atoms with Crippen LogP contribution in [-0.4, -0.2) is 51.4 Å². The highest BCUT2D eigenvalue weighted by Crippen LogP contribution is 2.31. The van der Waals surface area contributed by atoms with Crippen molar-refractivity contribution in [2.45, 2.75) is 13.0 Å². The first kappa shape index (κ1) is 16.8. The summed E-state index contributed by atoms with van der Waals surface area (Å²) in [5, 5.41) is 4.60. The third kappa shape index (κ3) is 5.31. The molecule has 0 spiro atoms. The lowest BCUT2D eigenvalue weighted by Gasteiger charge is -2.26. The zero-order valence-electron chi connectivity index (χ0n) is 12.3. The van der Waals surface area contributed by atoms with Crippen LogP contribution >= 0.6 is 23.2 Å². The van der Waals surface area contributed by atoms with E-state index in [4.69, 9.17) is 32.7 Å². The molecule has 1 N–H and O–H groups in total. The highest BCUT2D eigenvalue weighted by molar-refractivity contribution is 6.35. The zero-order chi connectivity index (χ0) is 15.1. The Morgan fingerprint density at radius 1 is 1.29 bits per heavy atom. The molecule has 0 aliphatic carbocycles. The molecule has 0 amide bonds. The van der Waals surface area contributed by atoms with Crippen LogP contribution in [0, 0.1) is 0 Å². The van der Waals surface area contributed by atoms with E-state index in [9.17, 15) is 0 Å².